The van der Waals surface area contributed by atoms with Gasteiger partial charge >= 0.3 is 0 Å². The zero-order valence-electron chi connectivity index (χ0n) is 19.7. The second-order valence-corrected chi connectivity index (χ2v) is 8.63. The van der Waals surface area contributed by atoms with Crippen molar-refractivity contribution in [3.8, 4) is 28.6 Å². The van der Waals surface area contributed by atoms with E-state index in [1.54, 1.807) is 42.7 Å². The van der Waals surface area contributed by atoms with Crippen LogP contribution in [0, 0.1) is 0 Å². The van der Waals surface area contributed by atoms with Crippen molar-refractivity contribution in [1.29, 1.82) is 0 Å². The van der Waals surface area contributed by atoms with Crippen LogP contribution in [0.25, 0.3) is 33.3 Å². The van der Waals surface area contributed by atoms with E-state index in [4.69, 9.17) is 18.3 Å². The minimum atomic E-state index is -0.582. The van der Waals surface area contributed by atoms with Gasteiger partial charge in [0.2, 0.25) is 11.2 Å². The number of fused-ring (bicyclic) bond motifs is 2. The fourth-order valence-corrected chi connectivity index (χ4v) is 4.23. The first-order valence-electron chi connectivity index (χ1n) is 11.8. The van der Waals surface area contributed by atoms with Gasteiger partial charge in [0.1, 0.15) is 41.3 Å². The first kappa shape index (κ1) is 22.5. The summed E-state index contributed by atoms with van der Waals surface area (Å²) in [6.45, 7) is 0.563. The number of ether oxygens (including phenoxy) is 2. The molecule has 4 aromatic carbocycles. The Bertz CT molecular complexity index is 1750. The molecule has 6 heteroatoms. The molecule has 0 fully saturated rings. The molecule has 6 nitrogen and oxygen atoms in total. The Morgan fingerprint density at radius 1 is 0.730 bits per heavy atom. The van der Waals surface area contributed by atoms with Crippen LogP contribution in [0.4, 0.5) is 0 Å². The second kappa shape index (κ2) is 9.59. The smallest absolute Gasteiger partial charge is 0.238 e. The van der Waals surface area contributed by atoms with Gasteiger partial charge in [0.05, 0.1) is 6.26 Å². The fourth-order valence-electron chi connectivity index (χ4n) is 4.23. The first-order chi connectivity index (χ1) is 18.2. The molecule has 37 heavy (non-hydrogen) atoms. The lowest BCUT2D eigenvalue weighted by molar-refractivity contribution is 0.291. The van der Waals surface area contributed by atoms with Crippen molar-refractivity contribution in [3.63, 3.8) is 0 Å². The summed E-state index contributed by atoms with van der Waals surface area (Å²) in [5.41, 5.74) is 2.84. The van der Waals surface area contributed by atoms with Crippen LogP contribution in [0.1, 0.15) is 11.1 Å². The molecule has 2 heterocycles. The molecule has 0 spiro atoms. The highest BCUT2D eigenvalue weighted by Gasteiger charge is 2.21. The molecule has 0 atom stereocenters. The molecular weight excluding hydrogens is 468 g/mol. The third kappa shape index (κ3) is 4.52. The van der Waals surface area contributed by atoms with E-state index in [0.29, 0.717) is 23.5 Å². The number of furan rings is 1. The van der Waals surface area contributed by atoms with Gasteiger partial charge in [0.25, 0.3) is 0 Å². The molecule has 0 saturated heterocycles. The standard InChI is InChI=1S/C31H22O6/c32-29-28-26(36-19-21-9-5-2-6-10-21)16-24(35-18-20-7-3-1-4-8-20)17-27(28)37-31(30(29)33)23-11-12-25-22(15-23)13-14-34-25/h1-17,33H,18-19H2. The number of hydrogen-bond donors (Lipinski definition) is 1. The van der Waals surface area contributed by atoms with Crippen molar-refractivity contribution >= 4 is 21.9 Å². The molecule has 6 aromatic rings. The van der Waals surface area contributed by atoms with E-state index in [-0.39, 0.29) is 29.1 Å². The maximum atomic E-state index is 13.4. The van der Waals surface area contributed by atoms with Crippen molar-refractivity contribution in [1.82, 2.24) is 0 Å². The quantitative estimate of drug-likeness (QED) is 0.258. The van der Waals surface area contributed by atoms with Gasteiger partial charge in [0, 0.05) is 23.1 Å². The Morgan fingerprint density at radius 2 is 1.43 bits per heavy atom. The van der Waals surface area contributed by atoms with Gasteiger partial charge in [0.15, 0.2) is 5.76 Å². The molecule has 0 unspecified atom stereocenters. The Morgan fingerprint density at radius 3 is 2.16 bits per heavy atom. The van der Waals surface area contributed by atoms with Crippen LogP contribution in [0.15, 0.2) is 117 Å². The normalized spacial score (nSPS) is 11.1. The fraction of sp³-hybridized carbons (Fsp3) is 0.0645. The van der Waals surface area contributed by atoms with Crippen molar-refractivity contribution < 1.29 is 23.4 Å². The zero-order chi connectivity index (χ0) is 25.2. The molecular formula is C31H22O6. The van der Waals surface area contributed by atoms with Gasteiger partial charge in [-0.15, -0.1) is 0 Å². The summed E-state index contributed by atoms with van der Waals surface area (Å²) in [4.78, 5) is 13.4. The molecule has 0 bridgehead atoms. The highest BCUT2D eigenvalue weighted by Crippen LogP contribution is 2.37. The van der Waals surface area contributed by atoms with Crippen molar-refractivity contribution in [2.45, 2.75) is 13.2 Å². The summed E-state index contributed by atoms with van der Waals surface area (Å²) in [5.74, 6) is 0.322. The van der Waals surface area contributed by atoms with E-state index >= 15 is 0 Å². The van der Waals surface area contributed by atoms with E-state index in [0.717, 1.165) is 16.5 Å². The van der Waals surface area contributed by atoms with Crippen LogP contribution in [0.2, 0.25) is 0 Å². The first-order valence-corrected chi connectivity index (χ1v) is 11.8. The predicted octanol–water partition coefficient (Wildman–Crippen LogP) is 7.07. The van der Waals surface area contributed by atoms with E-state index in [2.05, 4.69) is 0 Å². The maximum Gasteiger partial charge on any atom is 0.238 e. The zero-order valence-corrected chi connectivity index (χ0v) is 19.7. The largest absolute Gasteiger partial charge is 0.502 e. The molecule has 0 aliphatic rings. The lowest BCUT2D eigenvalue weighted by atomic mass is 10.1. The van der Waals surface area contributed by atoms with E-state index < -0.39 is 11.2 Å². The van der Waals surface area contributed by atoms with E-state index in [9.17, 15) is 9.90 Å². The third-order valence-corrected chi connectivity index (χ3v) is 6.11. The van der Waals surface area contributed by atoms with Crippen molar-refractivity contribution in [3.05, 3.63) is 125 Å². The van der Waals surface area contributed by atoms with Crippen LogP contribution in [-0.2, 0) is 13.2 Å². The summed E-state index contributed by atoms with van der Waals surface area (Å²) in [6.07, 6.45) is 1.58. The van der Waals surface area contributed by atoms with Gasteiger partial charge in [-0.05, 0) is 35.4 Å². The number of benzene rings is 4. The summed E-state index contributed by atoms with van der Waals surface area (Å²) < 4.78 is 23.6. The summed E-state index contributed by atoms with van der Waals surface area (Å²) in [5, 5.41) is 11.9. The van der Waals surface area contributed by atoms with Crippen LogP contribution >= 0.6 is 0 Å². The molecule has 0 saturated carbocycles. The number of aromatic hydroxyl groups is 1. The highest BCUT2D eigenvalue weighted by atomic mass is 16.5. The molecule has 0 aliphatic heterocycles. The summed E-state index contributed by atoms with van der Waals surface area (Å²) in [7, 11) is 0. The molecule has 0 aliphatic carbocycles. The average molecular weight is 491 g/mol. The van der Waals surface area contributed by atoms with Gasteiger partial charge in [-0.3, -0.25) is 4.79 Å². The Kier molecular flexibility index (Phi) is 5.83. The minimum Gasteiger partial charge on any atom is -0.502 e. The SMILES string of the molecule is O=c1c(O)c(-c2ccc3occc3c2)oc2cc(OCc3ccccc3)cc(OCc3ccccc3)c12. The monoisotopic (exact) mass is 490 g/mol. The van der Waals surface area contributed by atoms with Crippen LogP contribution in [0.5, 0.6) is 17.2 Å². The van der Waals surface area contributed by atoms with E-state index in [1.807, 2.05) is 60.7 Å². The second-order valence-electron chi connectivity index (χ2n) is 8.63. The molecule has 182 valence electrons. The minimum absolute atomic E-state index is 0.0646. The molecule has 0 radical (unpaired) electrons. The van der Waals surface area contributed by atoms with Gasteiger partial charge < -0.3 is 23.4 Å². The Balaban J connectivity index is 1.45. The van der Waals surface area contributed by atoms with E-state index in [1.165, 1.54) is 0 Å². The van der Waals surface area contributed by atoms with Gasteiger partial charge in [-0.25, -0.2) is 0 Å². The van der Waals surface area contributed by atoms with Gasteiger partial charge in [-0.2, -0.15) is 0 Å². The molecule has 6 rings (SSSR count). The predicted molar refractivity (Wildman–Crippen MR) is 141 cm³/mol. The molecule has 0 amide bonds. The number of hydrogen-bond acceptors (Lipinski definition) is 6. The third-order valence-electron chi connectivity index (χ3n) is 6.11. The van der Waals surface area contributed by atoms with Crippen LogP contribution in [-0.4, -0.2) is 5.11 Å². The lowest BCUT2D eigenvalue weighted by Crippen LogP contribution is -2.07. The topological polar surface area (TPSA) is 82.0 Å². The molecule has 1 N–H and O–H groups in total. The van der Waals surface area contributed by atoms with Gasteiger partial charge in [-0.1, -0.05) is 60.7 Å². The molecule has 2 aromatic heterocycles. The van der Waals surface area contributed by atoms with Crippen molar-refractivity contribution in [2.75, 3.05) is 0 Å². The highest BCUT2D eigenvalue weighted by molar-refractivity contribution is 5.90. The Hall–Kier alpha value is -4.97. The summed E-state index contributed by atoms with van der Waals surface area (Å²) >= 11 is 0. The summed E-state index contributed by atoms with van der Waals surface area (Å²) in [6, 6.07) is 29.8. The lowest BCUT2D eigenvalue weighted by Gasteiger charge is -2.14. The average Bonchev–Trinajstić information content (AvgIpc) is 3.41. The van der Waals surface area contributed by atoms with Crippen LogP contribution < -0.4 is 14.9 Å². The van der Waals surface area contributed by atoms with Crippen LogP contribution in [0.3, 0.4) is 0 Å². The number of rotatable bonds is 7. The van der Waals surface area contributed by atoms with Crippen molar-refractivity contribution in [2.24, 2.45) is 0 Å². The Labute approximate surface area is 211 Å². The maximum absolute atomic E-state index is 13.4.